The van der Waals surface area contributed by atoms with Gasteiger partial charge in [-0.25, -0.2) is 4.79 Å². The van der Waals surface area contributed by atoms with E-state index in [0.717, 1.165) is 5.56 Å². The van der Waals surface area contributed by atoms with E-state index in [2.05, 4.69) is 32.7 Å². The lowest BCUT2D eigenvalue weighted by Crippen LogP contribution is -2.25. The van der Waals surface area contributed by atoms with Gasteiger partial charge in [-0.3, -0.25) is 19.5 Å². The average molecular weight is 572 g/mol. The summed E-state index contributed by atoms with van der Waals surface area (Å²) in [6.07, 6.45) is -2.59. The van der Waals surface area contributed by atoms with E-state index in [1.54, 1.807) is 42.5 Å². The number of aromatic amines is 1. The number of aromatic nitrogens is 2. The van der Waals surface area contributed by atoms with Gasteiger partial charge in [0.1, 0.15) is 5.69 Å². The highest BCUT2D eigenvalue weighted by Crippen LogP contribution is 2.25. The zero-order valence-electron chi connectivity index (χ0n) is 19.0. The molecule has 15 heteroatoms. The summed E-state index contributed by atoms with van der Waals surface area (Å²) in [6.45, 7) is 3.61. The topological polar surface area (TPSA) is 153 Å². The second kappa shape index (κ2) is 13.3. The summed E-state index contributed by atoms with van der Waals surface area (Å²) in [6, 6.07) is 11.6. The highest BCUT2D eigenvalue weighted by Gasteiger charge is 2.38. The Morgan fingerprint density at radius 3 is 2.11 bits per heavy atom. The van der Waals surface area contributed by atoms with E-state index in [0.29, 0.717) is 5.69 Å². The van der Waals surface area contributed by atoms with Gasteiger partial charge in [-0.15, -0.1) is 0 Å². The van der Waals surface area contributed by atoms with Gasteiger partial charge in [0, 0.05) is 12.2 Å². The molecule has 0 spiro atoms. The van der Waals surface area contributed by atoms with Crippen LogP contribution in [0.25, 0.3) is 0 Å². The molecule has 1 heterocycles. The van der Waals surface area contributed by atoms with Gasteiger partial charge in [0.25, 0.3) is 11.8 Å². The summed E-state index contributed by atoms with van der Waals surface area (Å²) in [4.78, 5) is 45.3. The van der Waals surface area contributed by atoms with Crippen molar-refractivity contribution in [1.29, 1.82) is 0 Å². The van der Waals surface area contributed by atoms with Gasteiger partial charge in [-0.05, 0) is 35.9 Å². The van der Waals surface area contributed by atoms with Crippen molar-refractivity contribution < 1.29 is 37.5 Å². The lowest BCUT2D eigenvalue weighted by Gasteiger charge is -2.09. The molecule has 0 aliphatic carbocycles. The summed E-state index contributed by atoms with van der Waals surface area (Å²) in [5.41, 5.74) is 1.77. The fraction of sp³-hybridized carbons (Fsp3) is 0.0870. The molecule has 3 amide bonds. The maximum Gasteiger partial charge on any atom is 0.490 e. The van der Waals surface area contributed by atoms with Crippen molar-refractivity contribution >= 4 is 58.3 Å². The molecule has 5 N–H and O–H groups in total. The molecule has 0 unspecified atom stereocenters. The third-order valence-electron chi connectivity index (χ3n) is 4.41. The van der Waals surface area contributed by atoms with E-state index in [4.69, 9.17) is 33.1 Å². The smallest absolute Gasteiger partial charge is 0.475 e. The fourth-order valence-electron chi connectivity index (χ4n) is 2.62. The molecular formula is C23H18Cl2F3N5O5. The summed E-state index contributed by atoms with van der Waals surface area (Å²) in [5.74, 6) is -4.11. The number of nitrogens with one attached hydrogen (secondary N) is 4. The van der Waals surface area contributed by atoms with E-state index < -0.39 is 24.0 Å². The second-order valence-corrected chi connectivity index (χ2v) is 7.90. The molecule has 3 rings (SSSR count). The van der Waals surface area contributed by atoms with Crippen molar-refractivity contribution in [3.8, 4) is 0 Å². The van der Waals surface area contributed by atoms with E-state index in [-0.39, 0.29) is 39.4 Å². The first-order valence-corrected chi connectivity index (χ1v) is 11.0. The minimum atomic E-state index is -5.08. The fourth-order valence-corrected chi connectivity index (χ4v) is 3.19. The molecule has 0 atom stereocenters. The molecule has 200 valence electrons. The summed E-state index contributed by atoms with van der Waals surface area (Å²) >= 11 is 12.1. The number of alkyl halides is 3. The number of halogens is 5. The predicted molar refractivity (Wildman–Crippen MR) is 133 cm³/mol. The van der Waals surface area contributed by atoms with Crippen LogP contribution in [0.5, 0.6) is 0 Å². The van der Waals surface area contributed by atoms with Gasteiger partial charge < -0.3 is 21.1 Å². The van der Waals surface area contributed by atoms with Crippen LogP contribution in [-0.4, -0.2) is 45.2 Å². The number of nitrogens with zero attached hydrogens (tertiary/aromatic N) is 1. The zero-order valence-corrected chi connectivity index (χ0v) is 20.5. The molecule has 0 saturated heterocycles. The van der Waals surface area contributed by atoms with Crippen molar-refractivity contribution in [2.45, 2.75) is 12.7 Å². The maximum absolute atomic E-state index is 12.5. The minimum absolute atomic E-state index is 0.0754. The Morgan fingerprint density at radius 2 is 1.58 bits per heavy atom. The quantitative estimate of drug-likeness (QED) is 0.260. The van der Waals surface area contributed by atoms with Crippen molar-refractivity contribution in [2.24, 2.45) is 0 Å². The zero-order chi connectivity index (χ0) is 28.5. The highest BCUT2D eigenvalue weighted by molar-refractivity contribution is 6.40. The lowest BCUT2D eigenvalue weighted by molar-refractivity contribution is -0.192. The predicted octanol–water partition coefficient (Wildman–Crippen LogP) is 4.66. The number of anilines is 2. The Balaban J connectivity index is 0.000000638. The Morgan fingerprint density at radius 1 is 1.00 bits per heavy atom. The third kappa shape index (κ3) is 8.64. The number of benzene rings is 2. The van der Waals surface area contributed by atoms with Crippen molar-refractivity contribution in [3.63, 3.8) is 0 Å². The Labute approximate surface area is 222 Å². The first-order chi connectivity index (χ1) is 17.8. The normalized spacial score (nSPS) is 10.4. The molecule has 1 aromatic heterocycles. The molecule has 0 fully saturated rings. The number of carbonyl (C=O) groups excluding carboxylic acids is 3. The monoisotopic (exact) mass is 571 g/mol. The third-order valence-corrected chi connectivity index (χ3v) is 5.04. The van der Waals surface area contributed by atoms with E-state index in [1.165, 1.54) is 12.3 Å². The van der Waals surface area contributed by atoms with Gasteiger partial charge >= 0.3 is 12.1 Å². The Bertz CT molecular complexity index is 1320. The first-order valence-electron chi connectivity index (χ1n) is 10.2. The van der Waals surface area contributed by atoms with Crippen molar-refractivity contribution in [3.05, 3.63) is 88.2 Å². The Hall–Kier alpha value is -4.36. The number of carboxylic acids is 1. The SMILES string of the molecule is C=CC(=O)Nc1ccc(CNC(=O)c2[nH]ncc2NC(=O)c2c(Cl)cccc2Cl)cc1.O=C(O)C(F)(F)F. The average Bonchev–Trinajstić information content (AvgIpc) is 3.31. The standard InChI is InChI=1S/C21H17Cl2N5O3.C2HF3O2/c1-2-17(29)26-13-8-6-12(7-9-13)10-24-21(31)19-16(11-25-28-19)27-20(30)18-14(22)4-3-5-15(18)23;3-2(4,5)1(6)7/h2-9,11H,1,10H2,(H,24,31)(H,25,28)(H,26,29)(H,27,30);(H,6,7). The van der Waals surface area contributed by atoms with Crippen LogP contribution in [0.1, 0.15) is 26.4 Å². The number of hydrogen-bond donors (Lipinski definition) is 5. The second-order valence-electron chi connectivity index (χ2n) is 7.09. The van der Waals surface area contributed by atoms with Crippen molar-refractivity contribution in [1.82, 2.24) is 15.5 Å². The van der Waals surface area contributed by atoms with Crippen LogP contribution in [0.2, 0.25) is 10.0 Å². The number of rotatable bonds is 7. The molecule has 2 aromatic carbocycles. The molecule has 0 aliphatic rings. The van der Waals surface area contributed by atoms with E-state index in [1.807, 2.05) is 0 Å². The molecule has 38 heavy (non-hydrogen) atoms. The van der Waals surface area contributed by atoms with Crippen LogP contribution in [0.15, 0.2) is 61.3 Å². The van der Waals surface area contributed by atoms with E-state index >= 15 is 0 Å². The molecule has 0 aliphatic heterocycles. The van der Waals surface area contributed by atoms with Gasteiger partial charge in [0.2, 0.25) is 5.91 Å². The minimum Gasteiger partial charge on any atom is -0.475 e. The van der Waals surface area contributed by atoms with Crippen molar-refractivity contribution in [2.75, 3.05) is 10.6 Å². The lowest BCUT2D eigenvalue weighted by atomic mass is 10.2. The van der Waals surface area contributed by atoms with Crippen LogP contribution in [0.3, 0.4) is 0 Å². The number of hydrogen-bond acceptors (Lipinski definition) is 5. The number of amides is 3. The summed E-state index contributed by atoms with van der Waals surface area (Å²) in [7, 11) is 0. The van der Waals surface area contributed by atoms with Crippen LogP contribution in [0, 0.1) is 0 Å². The summed E-state index contributed by atoms with van der Waals surface area (Å²) in [5, 5.41) is 21.8. The summed E-state index contributed by atoms with van der Waals surface area (Å²) < 4.78 is 31.7. The molecule has 3 aromatic rings. The molecule has 0 radical (unpaired) electrons. The first kappa shape index (κ1) is 29.9. The number of H-pyrrole nitrogens is 1. The van der Waals surface area contributed by atoms with Crippen LogP contribution in [0.4, 0.5) is 24.5 Å². The molecule has 0 saturated carbocycles. The van der Waals surface area contributed by atoms with Gasteiger partial charge in [0.15, 0.2) is 0 Å². The van der Waals surface area contributed by atoms with Crippen LogP contribution >= 0.6 is 23.2 Å². The maximum atomic E-state index is 12.5. The van der Waals surface area contributed by atoms with Crippen LogP contribution < -0.4 is 16.0 Å². The molecular weight excluding hydrogens is 554 g/mol. The largest absolute Gasteiger partial charge is 0.490 e. The van der Waals surface area contributed by atoms with Gasteiger partial charge in [-0.2, -0.15) is 18.3 Å². The number of aliphatic carboxylic acids is 1. The number of carbonyl (C=O) groups is 4. The highest BCUT2D eigenvalue weighted by atomic mass is 35.5. The van der Waals surface area contributed by atoms with Crippen LogP contribution in [-0.2, 0) is 16.1 Å². The van der Waals surface area contributed by atoms with E-state index in [9.17, 15) is 27.6 Å². The van der Waals surface area contributed by atoms with Gasteiger partial charge in [-0.1, -0.05) is 48.0 Å². The number of carboxylic acid groups (broad SMARTS) is 1. The molecule has 10 nitrogen and oxygen atoms in total. The Kier molecular flexibility index (Phi) is 10.4. The van der Waals surface area contributed by atoms with Gasteiger partial charge in [0.05, 0.1) is 27.5 Å². The molecule has 0 bridgehead atoms.